The van der Waals surface area contributed by atoms with Gasteiger partial charge >= 0.3 is 0 Å². The van der Waals surface area contributed by atoms with Gasteiger partial charge < -0.3 is 10.1 Å². The molecular formula is C4H9NO. The van der Waals surface area contributed by atoms with Crippen molar-refractivity contribution in [3.05, 3.63) is 0 Å². The summed E-state index contributed by atoms with van der Waals surface area (Å²) in [5, 5.41) is 3.00. The van der Waals surface area contributed by atoms with Gasteiger partial charge in [-0.05, 0) is 0 Å². The Labute approximate surface area is 37.5 Å². The molecule has 0 saturated carbocycles. The Bertz CT molecular complexity index is 23.0. The Morgan fingerprint density at radius 1 is 1.17 bits per heavy atom. The highest BCUT2D eigenvalue weighted by molar-refractivity contribution is 4.58. The van der Waals surface area contributed by atoms with Crippen LogP contribution in [0.25, 0.3) is 0 Å². The standard InChI is InChI=1S/C2H5N.C2H4O/c2*1-2-3-1/h3H,1-2H2;1-2H2. The molecule has 2 rings (SSSR count). The second-order valence-corrected chi connectivity index (χ2v) is 1.36. The van der Waals surface area contributed by atoms with Gasteiger partial charge in [0, 0.05) is 13.1 Å². The first-order valence-corrected chi connectivity index (χ1v) is 2.28. The minimum atomic E-state index is 1.00. The molecule has 0 bridgehead atoms. The second-order valence-electron chi connectivity index (χ2n) is 1.36. The topological polar surface area (TPSA) is 34.5 Å². The van der Waals surface area contributed by atoms with Crippen LogP contribution < -0.4 is 5.32 Å². The van der Waals surface area contributed by atoms with E-state index < -0.39 is 0 Å². The number of hydrogen-bond acceptors (Lipinski definition) is 2. The molecule has 0 aliphatic carbocycles. The molecule has 0 radical (unpaired) electrons. The molecule has 1 N–H and O–H groups in total. The van der Waals surface area contributed by atoms with Crippen LogP contribution >= 0.6 is 0 Å². The van der Waals surface area contributed by atoms with Crippen molar-refractivity contribution in [2.45, 2.75) is 0 Å². The molecule has 0 spiro atoms. The predicted molar refractivity (Wildman–Crippen MR) is 23.7 cm³/mol. The van der Waals surface area contributed by atoms with E-state index in [1.165, 1.54) is 13.1 Å². The van der Waals surface area contributed by atoms with Crippen molar-refractivity contribution in [3.63, 3.8) is 0 Å². The van der Waals surface area contributed by atoms with Gasteiger partial charge in [-0.25, -0.2) is 0 Å². The van der Waals surface area contributed by atoms with Crippen LogP contribution in [-0.2, 0) is 4.74 Å². The lowest BCUT2D eigenvalue weighted by Crippen LogP contribution is -1.56. The molecule has 0 aromatic heterocycles. The van der Waals surface area contributed by atoms with Crippen molar-refractivity contribution in [2.24, 2.45) is 0 Å². The average molecular weight is 87.1 g/mol. The van der Waals surface area contributed by atoms with E-state index in [2.05, 4.69) is 10.1 Å². The lowest BCUT2D eigenvalue weighted by molar-refractivity contribution is 0.475. The Morgan fingerprint density at radius 2 is 1.50 bits per heavy atom. The number of hydrogen-bond donors (Lipinski definition) is 1. The summed E-state index contributed by atoms with van der Waals surface area (Å²) in [6, 6.07) is 0. The monoisotopic (exact) mass is 87.1 g/mol. The SMILES string of the molecule is C1CN1.C1CO1. The molecule has 0 unspecified atom stereocenters. The molecule has 2 nitrogen and oxygen atoms in total. The Hall–Kier alpha value is -0.0800. The fourth-order valence-electron chi connectivity index (χ4n) is 0. The van der Waals surface area contributed by atoms with E-state index in [0.29, 0.717) is 0 Å². The van der Waals surface area contributed by atoms with E-state index in [-0.39, 0.29) is 0 Å². The van der Waals surface area contributed by atoms with Crippen molar-refractivity contribution in [1.29, 1.82) is 0 Å². The summed E-state index contributed by atoms with van der Waals surface area (Å²) in [6.07, 6.45) is 0. The molecule has 0 aromatic carbocycles. The summed E-state index contributed by atoms with van der Waals surface area (Å²) in [4.78, 5) is 0. The molecule has 2 aliphatic rings. The van der Waals surface area contributed by atoms with Crippen LogP contribution in [0, 0.1) is 0 Å². The molecule has 2 heteroatoms. The minimum absolute atomic E-state index is 1.00. The van der Waals surface area contributed by atoms with E-state index in [4.69, 9.17) is 0 Å². The highest BCUT2D eigenvalue weighted by atomic mass is 16.6. The molecule has 2 heterocycles. The first-order chi connectivity index (χ1) is 3.00. The van der Waals surface area contributed by atoms with Gasteiger partial charge in [-0.3, -0.25) is 0 Å². The summed E-state index contributed by atoms with van der Waals surface area (Å²) in [5.74, 6) is 0. The average Bonchev–Trinajstić information content (AvgIpc) is 2.31. The summed E-state index contributed by atoms with van der Waals surface area (Å²) in [6.45, 7) is 4.50. The smallest absolute Gasteiger partial charge is 0.0701 e. The van der Waals surface area contributed by atoms with Crippen LogP contribution in [0.15, 0.2) is 0 Å². The van der Waals surface area contributed by atoms with Gasteiger partial charge in [0.15, 0.2) is 0 Å². The predicted octanol–water partition coefficient (Wildman–Crippen LogP) is -0.394. The first-order valence-electron chi connectivity index (χ1n) is 2.28. The summed E-state index contributed by atoms with van der Waals surface area (Å²) < 4.78 is 4.50. The molecule has 0 aromatic rings. The van der Waals surface area contributed by atoms with Crippen molar-refractivity contribution in [1.82, 2.24) is 5.32 Å². The maximum atomic E-state index is 4.50. The second kappa shape index (κ2) is 2.16. The van der Waals surface area contributed by atoms with Gasteiger partial charge in [0.25, 0.3) is 0 Å². The van der Waals surface area contributed by atoms with E-state index in [0.717, 1.165) is 13.2 Å². The number of nitrogens with one attached hydrogen (secondary N) is 1. The zero-order chi connectivity index (χ0) is 4.24. The largest absolute Gasteiger partial charge is 0.377 e. The maximum Gasteiger partial charge on any atom is 0.0701 e. The lowest BCUT2D eigenvalue weighted by atomic mass is 11.0. The van der Waals surface area contributed by atoms with Crippen molar-refractivity contribution in [3.8, 4) is 0 Å². The van der Waals surface area contributed by atoms with Gasteiger partial charge in [0.05, 0.1) is 13.2 Å². The van der Waals surface area contributed by atoms with E-state index in [9.17, 15) is 0 Å². The Morgan fingerprint density at radius 3 is 1.50 bits per heavy atom. The molecule has 0 amide bonds. The molecule has 2 saturated heterocycles. The van der Waals surface area contributed by atoms with Crippen LogP contribution in [-0.4, -0.2) is 26.3 Å². The van der Waals surface area contributed by atoms with E-state index >= 15 is 0 Å². The molecule has 0 atom stereocenters. The summed E-state index contributed by atoms with van der Waals surface area (Å²) in [7, 11) is 0. The molecule has 2 fully saturated rings. The molecular weight excluding hydrogens is 78.0 g/mol. The van der Waals surface area contributed by atoms with E-state index in [1.807, 2.05) is 0 Å². The van der Waals surface area contributed by atoms with Crippen molar-refractivity contribution < 1.29 is 4.74 Å². The third-order valence-electron chi connectivity index (χ3n) is 0.454. The quantitative estimate of drug-likeness (QED) is 0.408. The minimum Gasteiger partial charge on any atom is -0.377 e. The fraction of sp³-hybridized carbons (Fsp3) is 1.00. The van der Waals surface area contributed by atoms with Crippen LogP contribution in [0.3, 0.4) is 0 Å². The van der Waals surface area contributed by atoms with Crippen molar-refractivity contribution in [2.75, 3.05) is 26.3 Å². The van der Waals surface area contributed by atoms with E-state index in [1.54, 1.807) is 0 Å². The van der Waals surface area contributed by atoms with Gasteiger partial charge in [-0.1, -0.05) is 0 Å². The number of epoxide rings is 1. The third-order valence-corrected chi connectivity index (χ3v) is 0.454. The first kappa shape index (κ1) is 4.09. The molecule has 36 valence electrons. The Kier molecular flexibility index (Phi) is 1.47. The molecule has 2 aliphatic heterocycles. The summed E-state index contributed by atoms with van der Waals surface area (Å²) in [5.41, 5.74) is 0. The molecule has 6 heavy (non-hydrogen) atoms. The van der Waals surface area contributed by atoms with Gasteiger partial charge in [-0.15, -0.1) is 0 Å². The number of ether oxygens (including phenoxy) is 1. The van der Waals surface area contributed by atoms with Gasteiger partial charge in [0.2, 0.25) is 0 Å². The lowest BCUT2D eigenvalue weighted by Gasteiger charge is -1.24. The third kappa shape index (κ3) is 9.07. The summed E-state index contributed by atoms with van der Waals surface area (Å²) >= 11 is 0. The van der Waals surface area contributed by atoms with Crippen LogP contribution in [0.1, 0.15) is 0 Å². The van der Waals surface area contributed by atoms with Crippen LogP contribution in [0.5, 0.6) is 0 Å². The zero-order valence-electron chi connectivity index (χ0n) is 3.74. The van der Waals surface area contributed by atoms with Crippen molar-refractivity contribution >= 4 is 0 Å². The highest BCUT2D eigenvalue weighted by Gasteiger charge is 1.94. The fourth-order valence-corrected chi connectivity index (χ4v) is 0. The van der Waals surface area contributed by atoms with Crippen LogP contribution in [0.2, 0.25) is 0 Å². The highest BCUT2D eigenvalue weighted by Crippen LogP contribution is 1.84. The zero-order valence-corrected chi connectivity index (χ0v) is 3.74. The number of rotatable bonds is 0. The van der Waals surface area contributed by atoms with Gasteiger partial charge in [0.1, 0.15) is 0 Å². The van der Waals surface area contributed by atoms with Gasteiger partial charge in [-0.2, -0.15) is 0 Å². The maximum absolute atomic E-state index is 4.50. The normalized spacial score (nSPS) is 24.0. The van der Waals surface area contributed by atoms with Crippen LogP contribution in [0.4, 0.5) is 0 Å². The Balaban J connectivity index is 0.0000000600.